The highest BCUT2D eigenvalue weighted by Crippen LogP contribution is 2.30. The van der Waals surface area contributed by atoms with Gasteiger partial charge in [-0.3, -0.25) is 4.79 Å². The molecule has 0 unspecified atom stereocenters. The molecular weight excluding hydrogens is 414 g/mol. The average Bonchev–Trinajstić information content (AvgIpc) is 2.99. The number of ether oxygens (including phenoxy) is 2. The summed E-state index contributed by atoms with van der Waals surface area (Å²) in [6, 6.07) is 23.6. The summed E-state index contributed by atoms with van der Waals surface area (Å²) >= 11 is 0. The van der Waals surface area contributed by atoms with Gasteiger partial charge in [-0.2, -0.15) is 0 Å². The Morgan fingerprint density at radius 2 is 1.39 bits per heavy atom. The Bertz CT molecular complexity index is 1140. The smallest absolute Gasteiger partial charge is 0.269 e. The Balaban J connectivity index is 1.20. The van der Waals surface area contributed by atoms with Crippen LogP contribution >= 0.6 is 0 Å². The van der Waals surface area contributed by atoms with E-state index >= 15 is 0 Å². The molecule has 0 radical (unpaired) electrons. The van der Waals surface area contributed by atoms with Gasteiger partial charge in [0.05, 0.1) is 12.2 Å². The minimum absolute atomic E-state index is 0.0887. The predicted octanol–water partition coefficient (Wildman–Crippen LogP) is 4.27. The minimum Gasteiger partial charge on any atom is -0.494 e. The number of hydrogen-bond donors (Lipinski definition) is 0. The van der Waals surface area contributed by atoms with Crippen LogP contribution in [0.2, 0.25) is 0 Å². The van der Waals surface area contributed by atoms with Gasteiger partial charge in [0.25, 0.3) is 15.9 Å². The molecule has 0 bridgehead atoms. The molecule has 1 amide bonds. The zero-order valence-corrected chi connectivity index (χ0v) is 17.8. The number of carbonyl (C=O) groups excluding carboxylic acids is 1. The van der Waals surface area contributed by atoms with Crippen molar-refractivity contribution < 1.29 is 22.7 Å². The Morgan fingerprint density at radius 3 is 2.10 bits per heavy atom. The number of unbranched alkanes of at least 4 members (excludes halogenated alkanes) is 1. The molecule has 3 aromatic carbocycles. The Kier molecular flexibility index (Phi) is 6.23. The molecule has 1 aliphatic rings. The number of carbonyl (C=O) groups is 1. The summed E-state index contributed by atoms with van der Waals surface area (Å²) < 4.78 is 37.5. The van der Waals surface area contributed by atoms with E-state index in [1.54, 1.807) is 18.2 Å². The number of hydrogen-bond acceptors (Lipinski definition) is 5. The molecule has 0 N–H and O–H groups in total. The zero-order chi connectivity index (χ0) is 21.7. The van der Waals surface area contributed by atoms with Crippen molar-refractivity contribution in [1.29, 1.82) is 0 Å². The molecule has 0 saturated heterocycles. The monoisotopic (exact) mass is 437 g/mol. The Hall–Kier alpha value is -3.32. The lowest BCUT2D eigenvalue weighted by atomic mass is 10.2. The lowest BCUT2D eigenvalue weighted by Crippen LogP contribution is -2.31. The fourth-order valence-corrected chi connectivity index (χ4v) is 4.98. The Morgan fingerprint density at radius 1 is 0.742 bits per heavy atom. The average molecular weight is 438 g/mol. The van der Waals surface area contributed by atoms with Gasteiger partial charge >= 0.3 is 0 Å². The predicted molar refractivity (Wildman–Crippen MR) is 117 cm³/mol. The van der Waals surface area contributed by atoms with Crippen LogP contribution in [0.4, 0.5) is 0 Å². The van der Waals surface area contributed by atoms with Gasteiger partial charge in [-0.05, 0) is 54.8 Å². The van der Waals surface area contributed by atoms with Gasteiger partial charge in [0, 0.05) is 6.54 Å². The third-order valence-corrected chi connectivity index (χ3v) is 6.85. The van der Waals surface area contributed by atoms with E-state index < -0.39 is 15.9 Å². The van der Waals surface area contributed by atoms with Gasteiger partial charge in [-0.1, -0.05) is 42.5 Å². The molecule has 4 rings (SSSR count). The normalized spacial score (nSPS) is 14.3. The fourth-order valence-electron chi connectivity index (χ4n) is 3.37. The maximum atomic E-state index is 12.5. The number of benzene rings is 3. The van der Waals surface area contributed by atoms with Gasteiger partial charge in [-0.25, -0.2) is 12.7 Å². The highest BCUT2D eigenvalue weighted by molar-refractivity contribution is 7.90. The van der Waals surface area contributed by atoms with Crippen LogP contribution < -0.4 is 9.47 Å². The minimum atomic E-state index is -3.74. The first-order chi connectivity index (χ1) is 15.1. The lowest BCUT2D eigenvalue weighted by Gasteiger charge is -2.15. The largest absolute Gasteiger partial charge is 0.494 e. The molecule has 1 heterocycles. The van der Waals surface area contributed by atoms with Crippen LogP contribution in [-0.2, 0) is 16.6 Å². The summed E-state index contributed by atoms with van der Waals surface area (Å²) in [5, 5.41) is 0. The number of sulfonamides is 1. The van der Waals surface area contributed by atoms with Crippen LogP contribution in [0.25, 0.3) is 0 Å². The maximum absolute atomic E-state index is 12.5. The van der Waals surface area contributed by atoms with Crippen molar-refractivity contribution in [3.63, 3.8) is 0 Å². The molecule has 1 aliphatic heterocycles. The van der Waals surface area contributed by atoms with Gasteiger partial charge in [0.15, 0.2) is 0 Å². The van der Waals surface area contributed by atoms with Gasteiger partial charge < -0.3 is 9.47 Å². The first-order valence-electron chi connectivity index (χ1n) is 10.1. The number of rotatable bonds is 9. The van der Waals surface area contributed by atoms with Crippen molar-refractivity contribution in [2.75, 3.05) is 13.2 Å². The van der Waals surface area contributed by atoms with E-state index in [-0.39, 0.29) is 17.0 Å². The molecular formula is C24H23NO5S. The van der Waals surface area contributed by atoms with E-state index in [2.05, 4.69) is 0 Å². The first kappa shape index (κ1) is 20.9. The van der Waals surface area contributed by atoms with Crippen LogP contribution in [-0.4, -0.2) is 31.8 Å². The van der Waals surface area contributed by atoms with Crippen LogP contribution in [0, 0.1) is 0 Å². The highest BCUT2D eigenvalue weighted by Gasteiger charge is 2.40. The quantitative estimate of drug-likeness (QED) is 0.468. The molecule has 6 nitrogen and oxygen atoms in total. The van der Waals surface area contributed by atoms with Crippen LogP contribution in [0.15, 0.2) is 83.8 Å². The van der Waals surface area contributed by atoms with E-state index in [1.807, 2.05) is 54.6 Å². The molecule has 7 heteroatoms. The van der Waals surface area contributed by atoms with E-state index in [9.17, 15) is 13.2 Å². The molecule has 3 aromatic rings. The van der Waals surface area contributed by atoms with Crippen LogP contribution in [0.3, 0.4) is 0 Å². The molecule has 0 saturated carbocycles. The molecule has 0 aromatic heterocycles. The SMILES string of the molecule is O=C1c2ccccc2S(=O)(=O)N1CCCCOc1ccc(OCc2ccccc2)cc1. The summed E-state index contributed by atoms with van der Waals surface area (Å²) in [5.41, 5.74) is 1.35. The second-order valence-electron chi connectivity index (χ2n) is 7.18. The molecule has 0 aliphatic carbocycles. The highest BCUT2D eigenvalue weighted by atomic mass is 32.2. The van der Waals surface area contributed by atoms with Crippen molar-refractivity contribution in [3.05, 3.63) is 90.0 Å². The van der Waals surface area contributed by atoms with Crippen molar-refractivity contribution >= 4 is 15.9 Å². The third kappa shape index (κ3) is 4.72. The number of nitrogens with zero attached hydrogens (tertiary/aromatic N) is 1. The second-order valence-corrected chi connectivity index (χ2v) is 9.01. The third-order valence-electron chi connectivity index (χ3n) is 5.01. The summed E-state index contributed by atoms with van der Waals surface area (Å²) in [7, 11) is -3.74. The topological polar surface area (TPSA) is 72.9 Å². The standard InChI is InChI=1S/C24H23NO5S/c26-24-22-10-4-5-11-23(22)31(27,28)25(24)16-6-7-17-29-20-12-14-21(15-13-20)30-18-19-8-2-1-3-9-19/h1-5,8-15H,6-7,16-18H2. The van der Waals surface area contributed by atoms with Crippen molar-refractivity contribution in [3.8, 4) is 11.5 Å². The van der Waals surface area contributed by atoms with Crippen molar-refractivity contribution in [2.45, 2.75) is 24.3 Å². The summed E-state index contributed by atoms with van der Waals surface area (Å²) in [5.74, 6) is 1.01. The summed E-state index contributed by atoms with van der Waals surface area (Å²) in [6.45, 7) is 1.08. The van der Waals surface area contributed by atoms with Crippen molar-refractivity contribution in [1.82, 2.24) is 4.31 Å². The summed E-state index contributed by atoms with van der Waals surface area (Å²) in [4.78, 5) is 12.5. The number of amides is 1. The van der Waals surface area contributed by atoms with E-state index in [0.29, 0.717) is 31.8 Å². The molecule has 31 heavy (non-hydrogen) atoms. The van der Waals surface area contributed by atoms with Gasteiger partial charge in [0.1, 0.15) is 23.0 Å². The molecule has 0 spiro atoms. The summed E-state index contributed by atoms with van der Waals surface area (Å²) in [6.07, 6.45) is 1.15. The van der Waals surface area contributed by atoms with Gasteiger partial charge in [0.2, 0.25) is 0 Å². The van der Waals surface area contributed by atoms with Crippen LogP contribution in [0.5, 0.6) is 11.5 Å². The maximum Gasteiger partial charge on any atom is 0.269 e. The van der Waals surface area contributed by atoms with Gasteiger partial charge in [-0.15, -0.1) is 0 Å². The van der Waals surface area contributed by atoms with Crippen molar-refractivity contribution in [2.24, 2.45) is 0 Å². The van der Waals surface area contributed by atoms with E-state index in [4.69, 9.17) is 9.47 Å². The number of fused-ring (bicyclic) bond motifs is 1. The molecule has 160 valence electrons. The van der Waals surface area contributed by atoms with Crippen LogP contribution in [0.1, 0.15) is 28.8 Å². The fraction of sp³-hybridized carbons (Fsp3) is 0.208. The molecule has 0 atom stereocenters. The Labute approximate surface area is 182 Å². The first-order valence-corrected chi connectivity index (χ1v) is 11.6. The second kappa shape index (κ2) is 9.22. The van der Waals surface area contributed by atoms with E-state index in [0.717, 1.165) is 15.6 Å². The van der Waals surface area contributed by atoms with E-state index in [1.165, 1.54) is 6.07 Å². The zero-order valence-electron chi connectivity index (χ0n) is 16.9. The molecule has 0 fully saturated rings. The lowest BCUT2D eigenvalue weighted by molar-refractivity contribution is 0.0868.